The molecule has 6 nitrogen and oxygen atoms in total. The first-order valence-corrected chi connectivity index (χ1v) is 20.5. The van der Waals surface area contributed by atoms with Gasteiger partial charge in [0.05, 0.1) is 6.42 Å². The van der Waals surface area contributed by atoms with Gasteiger partial charge < -0.3 is 14.2 Å². The van der Waals surface area contributed by atoms with Crippen LogP contribution in [0.5, 0.6) is 0 Å². The van der Waals surface area contributed by atoms with Crippen LogP contribution in [0, 0.1) is 0 Å². The summed E-state index contributed by atoms with van der Waals surface area (Å²) in [7, 11) is 0. The zero-order chi connectivity index (χ0) is 37.3. The van der Waals surface area contributed by atoms with E-state index in [0.717, 1.165) is 64.2 Å². The van der Waals surface area contributed by atoms with Crippen molar-refractivity contribution >= 4 is 17.9 Å². The quantitative estimate of drug-likeness (QED) is 0.0214. The van der Waals surface area contributed by atoms with Gasteiger partial charge in [0.2, 0.25) is 0 Å². The van der Waals surface area contributed by atoms with Crippen molar-refractivity contribution in [2.45, 2.75) is 181 Å². The van der Waals surface area contributed by atoms with Gasteiger partial charge in [0.25, 0.3) is 0 Å². The van der Waals surface area contributed by atoms with Crippen LogP contribution in [-0.4, -0.2) is 37.2 Å². The standard InChI is InChI=1S/C45H74O6/c1-4-7-10-13-16-19-20-21-22-23-24-27-29-32-35-38-44(47)50-41-42(51-45(48)39-36-33-30-26-18-15-12-9-6-3)40-49-43(46)37-34-31-28-25-17-14-11-8-5-2/h9,12,16,18-21,25-26,28,33,36,42H,4-8,10-11,13-15,17,22-24,27,29-32,34-35,37-41H2,1-3H3/b12-9-,19-16-,21-20-,26-18-,28-25-,36-33-. The lowest BCUT2D eigenvalue weighted by molar-refractivity contribution is -0.166. The average molecular weight is 711 g/mol. The molecule has 0 radical (unpaired) electrons. The molecule has 51 heavy (non-hydrogen) atoms. The first kappa shape index (κ1) is 47.8. The number of unbranched alkanes of at least 4 members (excludes halogenated alkanes) is 14. The normalized spacial score (nSPS) is 12.8. The summed E-state index contributed by atoms with van der Waals surface area (Å²) in [6, 6.07) is 0. The van der Waals surface area contributed by atoms with E-state index in [0.29, 0.717) is 19.3 Å². The summed E-state index contributed by atoms with van der Waals surface area (Å²) in [6.45, 7) is 6.29. The third kappa shape index (κ3) is 37.9. The van der Waals surface area contributed by atoms with Gasteiger partial charge in [-0.05, 0) is 77.0 Å². The van der Waals surface area contributed by atoms with E-state index in [1.54, 1.807) is 6.08 Å². The predicted octanol–water partition coefficient (Wildman–Crippen LogP) is 12.7. The lowest BCUT2D eigenvalue weighted by Crippen LogP contribution is -2.30. The van der Waals surface area contributed by atoms with Crippen molar-refractivity contribution < 1.29 is 28.6 Å². The van der Waals surface area contributed by atoms with Gasteiger partial charge in [-0.1, -0.05) is 151 Å². The molecule has 0 aliphatic heterocycles. The highest BCUT2D eigenvalue weighted by Crippen LogP contribution is 2.11. The minimum atomic E-state index is -0.835. The predicted molar refractivity (Wildman–Crippen MR) is 214 cm³/mol. The highest BCUT2D eigenvalue weighted by atomic mass is 16.6. The van der Waals surface area contributed by atoms with E-state index in [1.165, 1.54) is 64.2 Å². The Kier molecular flexibility index (Phi) is 37.2. The second kappa shape index (κ2) is 39.6. The van der Waals surface area contributed by atoms with Gasteiger partial charge in [-0.15, -0.1) is 0 Å². The van der Waals surface area contributed by atoms with Crippen LogP contribution in [0.15, 0.2) is 72.9 Å². The summed E-state index contributed by atoms with van der Waals surface area (Å²) >= 11 is 0. The fourth-order valence-corrected chi connectivity index (χ4v) is 5.14. The van der Waals surface area contributed by atoms with Crippen LogP contribution in [0.3, 0.4) is 0 Å². The van der Waals surface area contributed by atoms with Crippen molar-refractivity contribution in [1.29, 1.82) is 0 Å². The molecule has 290 valence electrons. The molecule has 1 atom stereocenters. The third-order valence-corrected chi connectivity index (χ3v) is 8.23. The summed E-state index contributed by atoms with van der Waals surface area (Å²) in [5, 5.41) is 0. The van der Waals surface area contributed by atoms with Gasteiger partial charge in [-0.3, -0.25) is 14.4 Å². The van der Waals surface area contributed by atoms with Crippen LogP contribution >= 0.6 is 0 Å². The number of carbonyl (C=O) groups excluding carboxylic acids is 3. The van der Waals surface area contributed by atoms with Crippen LogP contribution in [0.4, 0.5) is 0 Å². The Morgan fingerprint density at radius 3 is 1.51 bits per heavy atom. The van der Waals surface area contributed by atoms with Gasteiger partial charge >= 0.3 is 17.9 Å². The van der Waals surface area contributed by atoms with Crippen LogP contribution in [-0.2, 0) is 28.6 Å². The molecule has 0 fully saturated rings. The molecule has 0 saturated heterocycles. The van der Waals surface area contributed by atoms with E-state index in [2.05, 4.69) is 81.5 Å². The van der Waals surface area contributed by atoms with Gasteiger partial charge in [0, 0.05) is 12.8 Å². The minimum absolute atomic E-state index is 0.0964. The zero-order valence-electron chi connectivity index (χ0n) is 32.8. The lowest BCUT2D eigenvalue weighted by atomic mass is 10.1. The van der Waals surface area contributed by atoms with Crippen molar-refractivity contribution in [1.82, 2.24) is 0 Å². The molecule has 0 aliphatic carbocycles. The second-order valence-corrected chi connectivity index (χ2v) is 13.2. The van der Waals surface area contributed by atoms with E-state index in [4.69, 9.17) is 14.2 Å². The molecule has 0 spiro atoms. The number of esters is 3. The molecule has 0 aromatic rings. The summed E-state index contributed by atoms with van der Waals surface area (Å²) in [4.78, 5) is 37.4. The van der Waals surface area contributed by atoms with Gasteiger partial charge in [0.1, 0.15) is 13.2 Å². The number of allylic oxidation sites excluding steroid dienone is 11. The van der Waals surface area contributed by atoms with Crippen LogP contribution in [0.2, 0.25) is 0 Å². The Hall–Kier alpha value is -3.15. The molecule has 0 rings (SSSR count). The monoisotopic (exact) mass is 711 g/mol. The van der Waals surface area contributed by atoms with E-state index in [1.807, 2.05) is 6.08 Å². The molecule has 0 aromatic heterocycles. The maximum Gasteiger partial charge on any atom is 0.310 e. The van der Waals surface area contributed by atoms with Crippen molar-refractivity contribution in [2.24, 2.45) is 0 Å². The maximum absolute atomic E-state index is 12.5. The Morgan fingerprint density at radius 2 is 0.902 bits per heavy atom. The van der Waals surface area contributed by atoms with Crippen LogP contribution < -0.4 is 0 Å². The zero-order valence-corrected chi connectivity index (χ0v) is 32.8. The van der Waals surface area contributed by atoms with Gasteiger partial charge in [-0.25, -0.2) is 0 Å². The van der Waals surface area contributed by atoms with E-state index < -0.39 is 12.1 Å². The fourth-order valence-electron chi connectivity index (χ4n) is 5.14. The summed E-state index contributed by atoms with van der Waals surface area (Å²) in [5.74, 6) is -1.11. The van der Waals surface area contributed by atoms with Crippen molar-refractivity contribution in [3.8, 4) is 0 Å². The Morgan fingerprint density at radius 1 is 0.451 bits per heavy atom. The number of ether oxygens (including phenoxy) is 3. The fraction of sp³-hybridized carbons (Fsp3) is 0.667. The molecular formula is C45H74O6. The first-order chi connectivity index (χ1) is 25.0. The Bertz CT molecular complexity index is 1000. The van der Waals surface area contributed by atoms with Crippen LogP contribution in [0.1, 0.15) is 175 Å². The highest BCUT2D eigenvalue weighted by Gasteiger charge is 2.19. The largest absolute Gasteiger partial charge is 0.462 e. The number of hydrogen-bond donors (Lipinski definition) is 0. The smallest absolute Gasteiger partial charge is 0.310 e. The van der Waals surface area contributed by atoms with Gasteiger partial charge in [-0.2, -0.15) is 0 Å². The molecule has 0 amide bonds. The minimum Gasteiger partial charge on any atom is -0.462 e. The first-order valence-electron chi connectivity index (χ1n) is 20.5. The molecule has 0 bridgehead atoms. The molecule has 0 saturated carbocycles. The number of rotatable bonds is 35. The third-order valence-electron chi connectivity index (χ3n) is 8.23. The number of hydrogen-bond acceptors (Lipinski definition) is 6. The Balaban J connectivity index is 4.47. The molecule has 6 heteroatoms. The second-order valence-electron chi connectivity index (χ2n) is 13.2. The summed E-state index contributed by atoms with van der Waals surface area (Å²) < 4.78 is 16.4. The van der Waals surface area contributed by atoms with Gasteiger partial charge in [0.15, 0.2) is 6.10 Å². The summed E-state index contributed by atoms with van der Waals surface area (Å²) in [6.07, 6.45) is 47.9. The molecule has 0 aromatic carbocycles. The molecule has 0 heterocycles. The van der Waals surface area contributed by atoms with E-state index >= 15 is 0 Å². The molecule has 0 N–H and O–H groups in total. The maximum atomic E-state index is 12.5. The van der Waals surface area contributed by atoms with Crippen molar-refractivity contribution in [3.05, 3.63) is 72.9 Å². The molecule has 1 unspecified atom stereocenters. The lowest BCUT2D eigenvalue weighted by Gasteiger charge is -2.18. The average Bonchev–Trinajstić information content (AvgIpc) is 3.12. The molecular weight excluding hydrogens is 636 g/mol. The number of carbonyl (C=O) groups is 3. The van der Waals surface area contributed by atoms with Crippen LogP contribution in [0.25, 0.3) is 0 Å². The SMILES string of the molecule is CC/C=C\C/C=C\C/C=C\CC(=O)OC(COC(=O)CCC/C=C\CCCCCC)COC(=O)CCCCCCCC/C=C\C=C/CCCCC. The van der Waals surface area contributed by atoms with Crippen molar-refractivity contribution in [2.75, 3.05) is 13.2 Å². The van der Waals surface area contributed by atoms with E-state index in [9.17, 15) is 14.4 Å². The summed E-state index contributed by atoms with van der Waals surface area (Å²) in [5.41, 5.74) is 0. The van der Waals surface area contributed by atoms with Crippen molar-refractivity contribution in [3.63, 3.8) is 0 Å². The highest BCUT2D eigenvalue weighted by molar-refractivity contribution is 5.72. The van der Waals surface area contributed by atoms with E-state index in [-0.39, 0.29) is 31.6 Å². The topological polar surface area (TPSA) is 78.9 Å². The molecule has 0 aliphatic rings. The Labute approximate surface area is 312 Å².